The van der Waals surface area contributed by atoms with E-state index in [1.54, 1.807) is 44.4 Å². The lowest BCUT2D eigenvalue weighted by molar-refractivity contribution is 0.249. The minimum atomic E-state index is -3.56. The van der Waals surface area contributed by atoms with Crippen LogP contribution < -0.4 is 0 Å². The topological polar surface area (TPSA) is 72.1 Å². The van der Waals surface area contributed by atoms with E-state index in [1.807, 2.05) is 6.92 Å². The van der Waals surface area contributed by atoms with Gasteiger partial charge in [-0.2, -0.15) is 8.42 Å². The van der Waals surface area contributed by atoms with Gasteiger partial charge in [0.2, 0.25) is 0 Å². The molecule has 6 heteroatoms. The number of aromatic amines is 1. The van der Waals surface area contributed by atoms with Gasteiger partial charge < -0.3 is 4.98 Å². The monoisotopic (exact) mass is 282 g/mol. The molecule has 1 heterocycles. The highest BCUT2D eigenvalue weighted by atomic mass is 32.2. The summed E-state index contributed by atoms with van der Waals surface area (Å²) in [6, 6.07) is 8.11. The second-order valence-electron chi connectivity index (χ2n) is 4.09. The Balaban J connectivity index is 0.000000250. The first-order valence-corrected chi connectivity index (χ1v) is 7.27. The van der Waals surface area contributed by atoms with Gasteiger partial charge in [0, 0.05) is 12.4 Å². The molecule has 0 amide bonds. The quantitative estimate of drug-likeness (QED) is 0.878. The molecule has 0 radical (unpaired) electrons. The van der Waals surface area contributed by atoms with E-state index in [1.165, 1.54) is 12.1 Å². The molecular weight excluding hydrogens is 264 g/mol. The van der Waals surface area contributed by atoms with Crippen molar-refractivity contribution in [1.29, 1.82) is 0 Å². The molecule has 0 saturated heterocycles. The molecule has 0 bridgehead atoms. The van der Waals surface area contributed by atoms with Gasteiger partial charge in [0.05, 0.1) is 11.0 Å². The Morgan fingerprint density at radius 1 is 1.21 bits per heavy atom. The van der Waals surface area contributed by atoms with Crippen LogP contribution in [-0.2, 0) is 14.3 Å². The second-order valence-corrected chi connectivity index (χ2v) is 5.66. The van der Waals surface area contributed by atoms with Crippen LogP contribution in [-0.4, -0.2) is 24.5 Å². The zero-order valence-corrected chi connectivity index (χ0v) is 12.0. The maximum absolute atomic E-state index is 11.4. The number of H-pyrrole nitrogens is 1. The molecule has 1 N–H and O–H groups in total. The van der Waals surface area contributed by atoms with Crippen molar-refractivity contribution in [2.45, 2.75) is 31.8 Å². The smallest absolute Gasteiger partial charge is 0.297 e. The number of nitrogens with one attached hydrogen (secondary N) is 1. The molecule has 5 nitrogen and oxygen atoms in total. The zero-order valence-electron chi connectivity index (χ0n) is 11.2. The molecule has 104 valence electrons. The summed E-state index contributed by atoms with van der Waals surface area (Å²) in [5.74, 6) is 0.968. The molecular formula is C13H18N2O3S. The fraction of sp³-hybridized carbons (Fsp3) is 0.308. The van der Waals surface area contributed by atoms with Crippen molar-refractivity contribution in [2.75, 3.05) is 0 Å². The largest absolute Gasteiger partial charge is 0.349 e. The Bertz CT molecular complexity index is 563. The molecule has 0 fully saturated rings. The normalized spacial score (nSPS) is 10.9. The molecule has 0 saturated carbocycles. The SMILES string of the molecule is CC(C)OS(=O)(=O)c1ccccc1.Cc1ncc[nH]1. The Hall–Kier alpha value is -1.66. The lowest BCUT2D eigenvalue weighted by Gasteiger charge is -2.07. The van der Waals surface area contributed by atoms with Crippen LogP contribution in [0.15, 0.2) is 47.6 Å². The van der Waals surface area contributed by atoms with E-state index in [0.717, 1.165) is 5.82 Å². The first-order valence-electron chi connectivity index (χ1n) is 5.86. The first-order chi connectivity index (χ1) is 8.92. The Kier molecular flexibility index (Phi) is 5.72. The fourth-order valence-electron chi connectivity index (χ4n) is 1.24. The highest BCUT2D eigenvalue weighted by Gasteiger charge is 2.15. The summed E-state index contributed by atoms with van der Waals surface area (Å²) in [6.07, 6.45) is 3.20. The van der Waals surface area contributed by atoms with Crippen molar-refractivity contribution in [1.82, 2.24) is 9.97 Å². The fourth-order valence-corrected chi connectivity index (χ4v) is 2.35. The van der Waals surface area contributed by atoms with Gasteiger partial charge in [0.1, 0.15) is 5.82 Å². The van der Waals surface area contributed by atoms with Crippen LogP contribution in [0.5, 0.6) is 0 Å². The number of hydrogen-bond acceptors (Lipinski definition) is 4. The third-order valence-corrected chi connectivity index (χ3v) is 3.47. The molecule has 2 aromatic rings. The molecule has 0 spiro atoms. The van der Waals surface area contributed by atoms with E-state index >= 15 is 0 Å². The van der Waals surface area contributed by atoms with Crippen LogP contribution in [0.3, 0.4) is 0 Å². The second kappa shape index (κ2) is 7.06. The van der Waals surface area contributed by atoms with Gasteiger partial charge in [0.25, 0.3) is 10.1 Å². The molecule has 0 atom stereocenters. The van der Waals surface area contributed by atoms with Crippen molar-refractivity contribution in [2.24, 2.45) is 0 Å². The maximum Gasteiger partial charge on any atom is 0.297 e. The van der Waals surface area contributed by atoms with E-state index in [-0.39, 0.29) is 11.0 Å². The number of imidazole rings is 1. The summed E-state index contributed by atoms with van der Waals surface area (Å²) >= 11 is 0. The molecule has 2 rings (SSSR count). The van der Waals surface area contributed by atoms with Crippen LogP contribution in [0.1, 0.15) is 19.7 Å². The van der Waals surface area contributed by atoms with E-state index in [0.29, 0.717) is 0 Å². The molecule has 19 heavy (non-hydrogen) atoms. The summed E-state index contributed by atoms with van der Waals surface area (Å²) in [6.45, 7) is 5.28. The molecule has 1 aromatic carbocycles. The van der Waals surface area contributed by atoms with Gasteiger partial charge in [-0.15, -0.1) is 0 Å². The van der Waals surface area contributed by atoms with Crippen molar-refractivity contribution in [3.63, 3.8) is 0 Å². The number of aryl methyl sites for hydroxylation is 1. The Morgan fingerprint density at radius 3 is 2.21 bits per heavy atom. The molecule has 0 unspecified atom stereocenters. The van der Waals surface area contributed by atoms with E-state index < -0.39 is 10.1 Å². The third-order valence-electron chi connectivity index (χ3n) is 1.99. The van der Waals surface area contributed by atoms with Gasteiger partial charge >= 0.3 is 0 Å². The minimum absolute atomic E-state index is 0.198. The van der Waals surface area contributed by atoms with Crippen LogP contribution in [0.4, 0.5) is 0 Å². The van der Waals surface area contributed by atoms with Crippen molar-refractivity contribution in [3.8, 4) is 0 Å². The van der Waals surface area contributed by atoms with Gasteiger partial charge in [-0.3, -0.25) is 4.18 Å². The highest BCUT2D eigenvalue weighted by Crippen LogP contribution is 2.12. The van der Waals surface area contributed by atoms with Gasteiger partial charge in [-0.1, -0.05) is 18.2 Å². The number of hydrogen-bond donors (Lipinski definition) is 1. The summed E-state index contributed by atoms with van der Waals surface area (Å²) in [7, 11) is -3.56. The van der Waals surface area contributed by atoms with Crippen LogP contribution in [0.2, 0.25) is 0 Å². The van der Waals surface area contributed by atoms with Crippen LogP contribution in [0, 0.1) is 6.92 Å². The molecule has 1 aromatic heterocycles. The summed E-state index contributed by atoms with van der Waals surface area (Å²) < 4.78 is 27.6. The Morgan fingerprint density at radius 2 is 1.84 bits per heavy atom. The average Bonchev–Trinajstić information content (AvgIpc) is 2.81. The predicted octanol–water partition coefficient (Wildman–Crippen LogP) is 2.52. The van der Waals surface area contributed by atoms with Gasteiger partial charge in [-0.05, 0) is 32.9 Å². The van der Waals surface area contributed by atoms with Gasteiger partial charge in [-0.25, -0.2) is 4.98 Å². The number of rotatable bonds is 3. The lowest BCUT2D eigenvalue weighted by atomic mass is 10.4. The number of benzene rings is 1. The van der Waals surface area contributed by atoms with Crippen molar-refractivity contribution in [3.05, 3.63) is 48.5 Å². The first kappa shape index (κ1) is 15.4. The molecule has 0 aliphatic carbocycles. The van der Waals surface area contributed by atoms with E-state index in [9.17, 15) is 8.42 Å². The lowest BCUT2D eigenvalue weighted by Crippen LogP contribution is -2.12. The molecule has 0 aliphatic rings. The summed E-state index contributed by atoms with van der Waals surface area (Å²) in [5.41, 5.74) is 0. The van der Waals surface area contributed by atoms with Crippen molar-refractivity contribution < 1.29 is 12.6 Å². The van der Waals surface area contributed by atoms with Crippen molar-refractivity contribution >= 4 is 10.1 Å². The zero-order chi connectivity index (χ0) is 14.3. The summed E-state index contributed by atoms with van der Waals surface area (Å²) in [4.78, 5) is 6.95. The standard InChI is InChI=1S/C9H12O3S.C4H6N2/c1-8(2)12-13(10,11)9-6-4-3-5-7-9;1-4-5-2-3-6-4/h3-8H,1-2H3;2-3H,1H3,(H,5,6). The van der Waals surface area contributed by atoms with E-state index in [4.69, 9.17) is 4.18 Å². The van der Waals surface area contributed by atoms with Gasteiger partial charge in [0.15, 0.2) is 0 Å². The average molecular weight is 282 g/mol. The number of aromatic nitrogens is 2. The molecule has 0 aliphatic heterocycles. The third kappa shape index (κ3) is 5.67. The minimum Gasteiger partial charge on any atom is -0.349 e. The highest BCUT2D eigenvalue weighted by molar-refractivity contribution is 7.86. The van der Waals surface area contributed by atoms with Crippen LogP contribution >= 0.6 is 0 Å². The van der Waals surface area contributed by atoms with Crippen LogP contribution in [0.25, 0.3) is 0 Å². The number of nitrogens with zero attached hydrogens (tertiary/aromatic N) is 1. The predicted molar refractivity (Wildman–Crippen MR) is 73.2 cm³/mol. The van der Waals surface area contributed by atoms with E-state index in [2.05, 4.69) is 9.97 Å². The Labute approximate surface area is 113 Å². The summed E-state index contributed by atoms with van der Waals surface area (Å²) in [5, 5.41) is 0. The maximum atomic E-state index is 11.4.